The fraction of sp³-hybridized carbons (Fsp3) is 0.148. The summed E-state index contributed by atoms with van der Waals surface area (Å²) in [7, 11) is 0. The van der Waals surface area contributed by atoms with Gasteiger partial charge < -0.3 is 10.1 Å². The molecular formula is C27H22I2N2O4S. The van der Waals surface area contributed by atoms with Crippen molar-refractivity contribution in [2.45, 2.75) is 20.5 Å². The van der Waals surface area contributed by atoms with Crippen molar-refractivity contribution in [3.63, 3.8) is 0 Å². The van der Waals surface area contributed by atoms with Crippen LogP contribution in [0.25, 0.3) is 6.08 Å². The molecule has 0 aliphatic carbocycles. The third kappa shape index (κ3) is 6.48. The van der Waals surface area contributed by atoms with Crippen LogP contribution in [-0.4, -0.2) is 28.5 Å². The Bertz CT molecular complexity index is 1350. The number of nitrogens with zero attached hydrogens (tertiary/aromatic N) is 1. The molecule has 1 heterocycles. The number of thioether (sulfide) groups is 1. The molecule has 184 valence electrons. The molecule has 1 saturated heterocycles. The molecule has 1 fully saturated rings. The Balaban J connectivity index is 1.44. The lowest BCUT2D eigenvalue weighted by molar-refractivity contribution is -0.127. The van der Waals surface area contributed by atoms with Gasteiger partial charge in [0.15, 0.2) is 0 Å². The van der Waals surface area contributed by atoms with Gasteiger partial charge in [0.2, 0.25) is 5.91 Å². The smallest absolute Gasteiger partial charge is 0.294 e. The lowest BCUT2D eigenvalue weighted by Gasteiger charge is -2.14. The maximum absolute atomic E-state index is 12.9. The molecule has 4 rings (SSSR count). The number of hydrogen-bond donors (Lipinski definition) is 1. The van der Waals surface area contributed by atoms with Crippen molar-refractivity contribution in [2.24, 2.45) is 0 Å². The van der Waals surface area contributed by atoms with Crippen LogP contribution in [0, 0.1) is 21.0 Å². The first-order valence-electron chi connectivity index (χ1n) is 11.0. The van der Waals surface area contributed by atoms with Gasteiger partial charge in [-0.1, -0.05) is 48.0 Å². The van der Waals surface area contributed by atoms with Gasteiger partial charge in [0.25, 0.3) is 11.1 Å². The first kappa shape index (κ1) is 26.7. The first-order valence-corrected chi connectivity index (χ1v) is 14.0. The van der Waals surface area contributed by atoms with Crippen molar-refractivity contribution in [1.29, 1.82) is 0 Å². The summed E-state index contributed by atoms with van der Waals surface area (Å²) in [5, 5.41) is 2.32. The van der Waals surface area contributed by atoms with Crippen molar-refractivity contribution in [3.8, 4) is 5.75 Å². The number of nitrogens with one attached hydrogen (secondary N) is 1. The average Bonchev–Trinajstić information content (AvgIpc) is 3.08. The van der Waals surface area contributed by atoms with E-state index in [1.165, 1.54) is 0 Å². The van der Waals surface area contributed by atoms with Gasteiger partial charge in [-0.2, -0.15) is 0 Å². The number of rotatable bonds is 7. The molecule has 3 aromatic rings. The molecule has 0 spiro atoms. The van der Waals surface area contributed by atoms with Gasteiger partial charge in [-0.25, -0.2) is 0 Å². The van der Waals surface area contributed by atoms with Gasteiger partial charge >= 0.3 is 0 Å². The Morgan fingerprint density at radius 2 is 1.72 bits per heavy atom. The zero-order chi connectivity index (χ0) is 25.8. The third-order valence-electron chi connectivity index (χ3n) is 5.38. The Hall–Kier alpha value is -2.38. The summed E-state index contributed by atoms with van der Waals surface area (Å²) in [6.45, 7) is 3.98. The standard InChI is InChI=1S/C27H22I2N2O4S/c1-16-8-9-22(17(2)10-16)30-24(32)14-31-26(33)23(36-27(31)34)13-19-11-20(28)25(21(29)12-19)35-15-18-6-4-3-5-7-18/h3-13H,14-15H2,1-2H3,(H,30,32)/b23-13+. The number of carbonyl (C=O) groups excluding carboxylic acids is 3. The molecule has 0 atom stereocenters. The molecule has 0 bridgehead atoms. The SMILES string of the molecule is Cc1ccc(NC(=O)CN2C(=O)S/C(=C/c3cc(I)c(OCc4ccccc4)c(I)c3)C2=O)c(C)c1. The Kier molecular flexibility index (Phi) is 8.73. The summed E-state index contributed by atoms with van der Waals surface area (Å²) in [5.74, 6) is -0.127. The van der Waals surface area contributed by atoms with Crippen LogP contribution in [0.3, 0.4) is 0 Å². The molecule has 0 unspecified atom stereocenters. The maximum atomic E-state index is 12.9. The lowest BCUT2D eigenvalue weighted by atomic mass is 10.1. The van der Waals surface area contributed by atoms with E-state index in [0.717, 1.165) is 51.8 Å². The fourth-order valence-electron chi connectivity index (χ4n) is 3.61. The molecule has 3 amide bonds. The largest absolute Gasteiger partial charge is 0.487 e. The molecular weight excluding hydrogens is 702 g/mol. The van der Waals surface area contributed by atoms with E-state index in [9.17, 15) is 14.4 Å². The number of imide groups is 1. The van der Waals surface area contributed by atoms with Crippen LogP contribution in [0.1, 0.15) is 22.3 Å². The molecule has 36 heavy (non-hydrogen) atoms. The van der Waals surface area contributed by atoms with Crippen LogP contribution in [0.4, 0.5) is 10.5 Å². The number of amides is 3. The van der Waals surface area contributed by atoms with Gasteiger partial charge in [0.1, 0.15) is 18.9 Å². The molecule has 9 heteroatoms. The predicted molar refractivity (Wildman–Crippen MR) is 160 cm³/mol. The number of anilines is 1. The quantitative estimate of drug-likeness (QED) is 0.215. The van der Waals surface area contributed by atoms with Crippen molar-refractivity contribution in [3.05, 3.63) is 95.0 Å². The highest BCUT2D eigenvalue weighted by atomic mass is 127. The van der Waals surface area contributed by atoms with E-state index in [2.05, 4.69) is 50.5 Å². The van der Waals surface area contributed by atoms with Crippen LogP contribution in [0.15, 0.2) is 65.6 Å². The minimum Gasteiger partial charge on any atom is -0.487 e. The predicted octanol–water partition coefficient (Wildman–Crippen LogP) is 6.77. The first-order chi connectivity index (χ1) is 17.2. The van der Waals surface area contributed by atoms with Crippen LogP contribution in [-0.2, 0) is 16.2 Å². The second-order valence-electron chi connectivity index (χ2n) is 8.22. The van der Waals surface area contributed by atoms with Gasteiger partial charge in [-0.3, -0.25) is 19.3 Å². The minimum atomic E-state index is -0.477. The highest BCUT2D eigenvalue weighted by Gasteiger charge is 2.36. The summed E-state index contributed by atoms with van der Waals surface area (Å²) in [4.78, 5) is 39.2. The average molecular weight is 724 g/mol. The van der Waals surface area contributed by atoms with E-state index in [1.807, 2.05) is 74.5 Å². The Morgan fingerprint density at radius 3 is 2.39 bits per heavy atom. The lowest BCUT2D eigenvalue weighted by Crippen LogP contribution is -2.36. The summed E-state index contributed by atoms with van der Waals surface area (Å²) < 4.78 is 7.82. The molecule has 0 radical (unpaired) electrons. The number of carbonyl (C=O) groups is 3. The van der Waals surface area contributed by atoms with Gasteiger partial charge in [-0.15, -0.1) is 0 Å². The second kappa shape index (κ2) is 11.8. The van der Waals surface area contributed by atoms with Gasteiger partial charge in [-0.05, 0) is 112 Å². The topological polar surface area (TPSA) is 75.7 Å². The molecule has 0 aromatic heterocycles. The number of hydrogen-bond acceptors (Lipinski definition) is 5. The second-order valence-corrected chi connectivity index (χ2v) is 11.5. The number of aryl methyl sites for hydroxylation is 2. The van der Waals surface area contributed by atoms with E-state index >= 15 is 0 Å². The van der Waals surface area contributed by atoms with Crippen molar-refractivity contribution in [1.82, 2.24) is 4.90 Å². The van der Waals surface area contributed by atoms with Crippen molar-refractivity contribution < 1.29 is 19.1 Å². The van der Waals surface area contributed by atoms with Crippen LogP contribution >= 0.6 is 56.9 Å². The van der Waals surface area contributed by atoms with Crippen LogP contribution in [0.5, 0.6) is 5.75 Å². The zero-order valence-electron chi connectivity index (χ0n) is 19.5. The molecule has 6 nitrogen and oxygen atoms in total. The van der Waals surface area contributed by atoms with E-state index in [-0.39, 0.29) is 11.4 Å². The van der Waals surface area contributed by atoms with E-state index in [1.54, 1.807) is 6.08 Å². The summed E-state index contributed by atoms with van der Waals surface area (Å²) in [6, 6.07) is 19.4. The number of benzene rings is 3. The molecule has 1 N–H and O–H groups in total. The molecule has 1 aliphatic heterocycles. The number of halogens is 2. The van der Waals surface area contributed by atoms with E-state index < -0.39 is 17.1 Å². The van der Waals surface area contributed by atoms with E-state index in [4.69, 9.17) is 4.74 Å². The molecule has 0 saturated carbocycles. The fourth-order valence-corrected chi connectivity index (χ4v) is 6.57. The minimum absolute atomic E-state index is 0.281. The maximum Gasteiger partial charge on any atom is 0.294 e. The van der Waals surface area contributed by atoms with Gasteiger partial charge in [0.05, 0.1) is 12.0 Å². The van der Waals surface area contributed by atoms with Gasteiger partial charge in [0, 0.05) is 5.69 Å². The third-order valence-corrected chi connectivity index (χ3v) is 7.89. The van der Waals surface area contributed by atoms with E-state index in [0.29, 0.717) is 12.3 Å². The normalized spacial score (nSPS) is 14.4. The van der Waals surface area contributed by atoms with Crippen molar-refractivity contribution in [2.75, 3.05) is 11.9 Å². The van der Waals surface area contributed by atoms with Crippen LogP contribution < -0.4 is 10.1 Å². The monoisotopic (exact) mass is 724 g/mol. The summed E-state index contributed by atoms with van der Waals surface area (Å²) in [5.41, 5.74) is 4.51. The van der Waals surface area contributed by atoms with Crippen molar-refractivity contribution >= 4 is 85.8 Å². The summed E-state index contributed by atoms with van der Waals surface area (Å²) in [6.07, 6.45) is 1.68. The van der Waals surface area contributed by atoms with Crippen LogP contribution in [0.2, 0.25) is 0 Å². The Morgan fingerprint density at radius 1 is 1.03 bits per heavy atom. The molecule has 1 aliphatic rings. The Labute approximate surface area is 241 Å². The zero-order valence-corrected chi connectivity index (χ0v) is 24.6. The highest BCUT2D eigenvalue weighted by molar-refractivity contribution is 14.1. The summed E-state index contributed by atoms with van der Waals surface area (Å²) >= 11 is 5.24. The number of ether oxygens (including phenoxy) is 1. The highest BCUT2D eigenvalue weighted by Crippen LogP contribution is 2.35. The molecule has 3 aromatic carbocycles.